The summed E-state index contributed by atoms with van der Waals surface area (Å²) in [4.78, 5) is 0. The van der Waals surface area contributed by atoms with Crippen LogP contribution in [0.3, 0.4) is 0 Å². The molecule has 2 heteroatoms. The Bertz CT molecular complexity index is 427. The van der Waals surface area contributed by atoms with Crippen LogP contribution in [-0.2, 0) is 4.74 Å². The van der Waals surface area contributed by atoms with Gasteiger partial charge in [-0.3, -0.25) is 0 Å². The van der Waals surface area contributed by atoms with Crippen LogP contribution in [0.15, 0.2) is 11.3 Å². The number of rotatable bonds is 1. The summed E-state index contributed by atoms with van der Waals surface area (Å²) in [5, 5.41) is 0.355. The maximum absolute atomic E-state index is 6.50. The maximum atomic E-state index is 6.50. The van der Waals surface area contributed by atoms with E-state index in [2.05, 4.69) is 0 Å². The Kier molecular flexibility index (Phi) is 4.46. The molecule has 0 bridgehead atoms. The van der Waals surface area contributed by atoms with Crippen LogP contribution in [-0.4, -0.2) is 12.0 Å². The molecule has 1 atom stereocenters. The smallest absolute Gasteiger partial charge is 0.0958 e. The summed E-state index contributed by atoms with van der Waals surface area (Å²) >= 11 is 6.50. The van der Waals surface area contributed by atoms with Gasteiger partial charge in [-0.1, -0.05) is 32.1 Å². The van der Waals surface area contributed by atoms with Gasteiger partial charge in [-0.15, -0.1) is 11.6 Å². The highest BCUT2D eigenvalue weighted by atomic mass is 35.5. The van der Waals surface area contributed by atoms with Crippen molar-refractivity contribution in [2.24, 2.45) is 17.3 Å². The number of halogens is 1. The predicted molar refractivity (Wildman–Crippen MR) is 92.1 cm³/mol. The van der Waals surface area contributed by atoms with E-state index in [4.69, 9.17) is 16.3 Å². The second kappa shape index (κ2) is 6.38. The number of alkyl halides is 1. The van der Waals surface area contributed by atoms with Crippen LogP contribution < -0.4 is 0 Å². The Morgan fingerprint density at radius 3 is 2.36 bits per heavy atom. The Balaban J connectivity index is 1.46. The fourth-order valence-corrected chi connectivity index (χ4v) is 6.15. The summed E-state index contributed by atoms with van der Waals surface area (Å²) in [7, 11) is 0. The van der Waals surface area contributed by atoms with Gasteiger partial charge in [-0.2, -0.15) is 0 Å². The van der Waals surface area contributed by atoms with Crippen molar-refractivity contribution >= 4 is 11.6 Å². The highest BCUT2D eigenvalue weighted by Gasteiger charge is 2.44. The third-order valence-corrected chi connectivity index (χ3v) is 7.62. The van der Waals surface area contributed by atoms with Crippen molar-refractivity contribution < 1.29 is 4.74 Å². The van der Waals surface area contributed by atoms with E-state index in [0.29, 0.717) is 10.8 Å². The van der Waals surface area contributed by atoms with Crippen molar-refractivity contribution in [3.63, 3.8) is 0 Å². The summed E-state index contributed by atoms with van der Waals surface area (Å²) in [5.74, 6) is 3.42. The SMILES string of the molecule is ClC1CCC2=C(C1)C1(CCO2)CCC(C2CCCCC2)CC1. The van der Waals surface area contributed by atoms with E-state index < -0.39 is 0 Å². The van der Waals surface area contributed by atoms with Gasteiger partial charge in [0.15, 0.2) is 0 Å². The summed E-state index contributed by atoms with van der Waals surface area (Å²) in [6.45, 7) is 0.958. The molecule has 0 aromatic carbocycles. The van der Waals surface area contributed by atoms with Gasteiger partial charge in [0.1, 0.15) is 0 Å². The van der Waals surface area contributed by atoms with Gasteiger partial charge in [-0.05, 0) is 67.8 Å². The lowest BCUT2D eigenvalue weighted by molar-refractivity contribution is 0.0517. The quantitative estimate of drug-likeness (QED) is 0.521. The number of fused-ring (bicyclic) bond motifs is 1. The molecule has 124 valence electrons. The van der Waals surface area contributed by atoms with E-state index in [-0.39, 0.29) is 0 Å². The van der Waals surface area contributed by atoms with Gasteiger partial charge in [0.25, 0.3) is 0 Å². The zero-order chi connectivity index (χ0) is 15.0. The van der Waals surface area contributed by atoms with Gasteiger partial charge in [-0.25, -0.2) is 0 Å². The first kappa shape index (κ1) is 15.4. The van der Waals surface area contributed by atoms with Crippen LogP contribution in [0.4, 0.5) is 0 Å². The zero-order valence-corrected chi connectivity index (χ0v) is 14.7. The van der Waals surface area contributed by atoms with Gasteiger partial charge in [0.05, 0.1) is 12.4 Å². The number of allylic oxidation sites excluding steroid dienone is 2. The van der Waals surface area contributed by atoms with Gasteiger partial charge >= 0.3 is 0 Å². The van der Waals surface area contributed by atoms with Crippen molar-refractivity contribution in [3.8, 4) is 0 Å². The monoisotopic (exact) mass is 322 g/mol. The minimum absolute atomic E-state index is 0.355. The number of hydrogen-bond acceptors (Lipinski definition) is 1. The summed E-state index contributed by atoms with van der Waals surface area (Å²) < 4.78 is 6.02. The topological polar surface area (TPSA) is 9.23 Å². The lowest BCUT2D eigenvalue weighted by atomic mass is 9.59. The van der Waals surface area contributed by atoms with E-state index in [1.54, 1.807) is 5.57 Å². The second-order valence-electron chi connectivity index (χ2n) is 8.36. The Labute approximate surface area is 140 Å². The zero-order valence-electron chi connectivity index (χ0n) is 13.9. The van der Waals surface area contributed by atoms with E-state index in [1.165, 1.54) is 70.0 Å². The fourth-order valence-electron chi connectivity index (χ4n) is 5.89. The van der Waals surface area contributed by atoms with Crippen molar-refractivity contribution in [3.05, 3.63) is 11.3 Å². The summed E-state index contributed by atoms with van der Waals surface area (Å²) in [6, 6.07) is 0. The first-order valence-electron chi connectivity index (χ1n) is 9.76. The van der Waals surface area contributed by atoms with Crippen LogP contribution in [0, 0.1) is 17.3 Å². The average molecular weight is 323 g/mol. The molecule has 1 heterocycles. The molecular weight excluding hydrogens is 292 g/mol. The van der Waals surface area contributed by atoms with Gasteiger partial charge in [0.2, 0.25) is 0 Å². The van der Waals surface area contributed by atoms with Crippen LogP contribution >= 0.6 is 11.6 Å². The molecule has 0 aromatic heterocycles. The van der Waals surface area contributed by atoms with Crippen LogP contribution in [0.1, 0.15) is 83.5 Å². The lowest BCUT2D eigenvalue weighted by Crippen LogP contribution is -2.38. The van der Waals surface area contributed by atoms with Crippen molar-refractivity contribution in [1.82, 2.24) is 0 Å². The van der Waals surface area contributed by atoms with Crippen molar-refractivity contribution in [2.75, 3.05) is 6.61 Å². The molecule has 0 N–H and O–H groups in total. The first-order chi connectivity index (χ1) is 10.8. The Morgan fingerprint density at radius 2 is 1.59 bits per heavy atom. The van der Waals surface area contributed by atoms with Crippen LogP contribution in [0.5, 0.6) is 0 Å². The van der Waals surface area contributed by atoms with E-state index in [9.17, 15) is 0 Å². The van der Waals surface area contributed by atoms with Crippen LogP contribution in [0.25, 0.3) is 0 Å². The second-order valence-corrected chi connectivity index (χ2v) is 8.97. The van der Waals surface area contributed by atoms with Gasteiger partial charge in [0, 0.05) is 11.8 Å². The molecule has 3 aliphatic carbocycles. The Morgan fingerprint density at radius 1 is 0.864 bits per heavy atom. The number of ether oxygens (including phenoxy) is 1. The Hall–Kier alpha value is -0.170. The molecular formula is C20H31ClO. The summed E-state index contributed by atoms with van der Waals surface area (Å²) in [6.07, 6.45) is 17.8. The minimum atomic E-state index is 0.355. The molecule has 0 radical (unpaired) electrons. The maximum Gasteiger partial charge on any atom is 0.0958 e. The molecule has 2 fully saturated rings. The molecule has 1 spiro atoms. The molecule has 4 rings (SSSR count). The minimum Gasteiger partial charge on any atom is -0.498 e. The van der Waals surface area contributed by atoms with E-state index in [0.717, 1.165) is 37.7 Å². The fraction of sp³-hybridized carbons (Fsp3) is 0.900. The highest BCUT2D eigenvalue weighted by Crippen LogP contribution is 2.55. The van der Waals surface area contributed by atoms with E-state index in [1.807, 2.05) is 0 Å². The molecule has 1 unspecified atom stereocenters. The standard InChI is InChI=1S/C20H31ClO/c21-17-6-7-19-18(14-17)20(12-13-22-19)10-8-16(9-11-20)15-4-2-1-3-5-15/h15-17H,1-14H2. The average Bonchev–Trinajstić information content (AvgIpc) is 2.57. The molecule has 4 aliphatic rings. The molecule has 0 aromatic rings. The normalized spacial score (nSPS) is 40.4. The number of hydrogen-bond donors (Lipinski definition) is 0. The van der Waals surface area contributed by atoms with Gasteiger partial charge < -0.3 is 4.74 Å². The predicted octanol–water partition coefficient (Wildman–Crippen LogP) is 6.21. The molecule has 1 nitrogen and oxygen atoms in total. The summed E-state index contributed by atoms with van der Waals surface area (Å²) in [5.41, 5.74) is 2.12. The molecule has 2 saturated carbocycles. The van der Waals surface area contributed by atoms with Crippen LogP contribution in [0.2, 0.25) is 0 Å². The molecule has 22 heavy (non-hydrogen) atoms. The molecule has 0 amide bonds. The third-order valence-electron chi connectivity index (χ3n) is 7.25. The largest absolute Gasteiger partial charge is 0.498 e. The first-order valence-corrected chi connectivity index (χ1v) is 10.2. The molecule has 0 saturated heterocycles. The third kappa shape index (κ3) is 2.83. The van der Waals surface area contributed by atoms with Crippen molar-refractivity contribution in [2.45, 2.75) is 88.8 Å². The van der Waals surface area contributed by atoms with E-state index >= 15 is 0 Å². The van der Waals surface area contributed by atoms with Crippen molar-refractivity contribution in [1.29, 1.82) is 0 Å². The highest BCUT2D eigenvalue weighted by molar-refractivity contribution is 6.20. The molecule has 1 aliphatic heterocycles. The lowest BCUT2D eigenvalue weighted by Gasteiger charge is -2.48.